The van der Waals surface area contributed by atoms with E-state index < -0.39 is 0 Å². The van der Waals surface area contributed by atoms with Gasteiger partial charge in [-0.1, -0.05) is 16.5 Å². The largest absolute Gasteiger partial charge is 0.465 e. The van der Waals surface area contributed by atoms with Crippen molar-refractivity contribution >= 4 is 22.4 Å². The predicted molar refractivity (Wildman–Crippen MR) is 64.7 cm³/mol. The van der Waals surface area contributed by atoms with E-state index in [-0.39, 0.29) is 5.97 Å². The van der Waals surface area contributed by atoms with Gasteiger partial charge in [0.05, 0.1) is 12.8 Å². The van der Waals surface area contributed by atoms with Crippen molar-refractivity contribution in [3.63, 3.8) is 0 Å². The number of rotatable bonds is 5. The Balaban J connectivity index is 1.92. The van der Waals surface area contributed by atoms with Crippen LogP contribution in [0, 0.1) is 6.92 Å². The first kappa shape index (κ1) is 12.5. The molecule has 0 aromatic carbocycles. The number of hydrogen-bond donors (Lipinski definition) is 1. The third-order valence-electron chi connectivity index (χ3n) is 2.20. The minimum absolute atomic E-state index is 0.365. The molecule has 1 N–H and O–H groups in total. The lowest BCUT2D eigenvalue weighted by Crippen LogP contribution is -2.05. The smallest absolute Gasteiger partial charge is 0.350 e. The molecular weight excluding hydrogens is 256 g/mol. The lowest BCUT2D eigenvalue weighted by atomic mass is 10.4. The first-order chi connectivity index (χ1) is 8.70. The molecule has 0 aliphatic rings. The molecule has 96 valence electrons. The highest BCUT2D eigenvalue weighted by Gasteiger charge is 2.15. The molecule has 2 heterocycles. The first-order valence-corrected chi connectivity index (χ1v) is 6.07. The number of carbonyl (C=O) groups excluding carboxylic acids is 1. The average Bonchev–Trinajstić information content (AvgIpc) is 2.98. The van der Waals surface area contributed by atoms with Gasteiger partial charge in [0, 0.05) is 13.0 Å². The van der Waals surface area contributed by atoms with Gasteiger partial charge >= 0.3 is 5.97 Å². The summed E-state index contributed by atoms with van der Waals surface area (Å²) >= 11 is 1.27. The molecule has 2 aromatic heterocycles. The van der Waals surface area contributed by atoms with E-state index in [0.717, 1.165) is 0 Å². The van der Waals surface area contributed by atoms with Gasteiger partial charge in [0.25, 0.3) is 0 Å². The summed E-state index contributed by atoms with van der Waals surface area (Å²) in [7, 11) is 1.35. The molecule has 0 aliphatic heterocycles. The quantitative estimate of drug-likeness (QED) is 0.817. The molecule has 8 heteroatoms. The van der Waals surface area contributed by atoms with Gasteiger partial charge < -0.3 is 14.6 Å². The Labute approximate surface area is 107 Å². The number of methoxy groups -OCH3 is 1. The Hall–Kier alpha value is -1.96. The van der Waals surface area contributed by atoms with Crippen LogP contribution in [-0.2, 0) is 11.2 Å². The van der Waals surface area contributed by atoms with Crippen LogP contribution in [0.4, 0.5) is 5.13 Å². The van der Waals surface area contributed by atoms with Crippen molar-refractivity contribution in [1.29, 1.82) is 0 Å². The molecule has 0 radical (unpaired) electrons. The Morgan fingerprint density at radius 2 is 2.44 bits per heavy atom. The van der Waals surface area contributed by atoms with E-state index in [0.29, 0.717) is 34.5 Å². The predicted octanol–water partition coefficient (Wildman–Crippen LogP) is 1.28. The van der Waals surface area contributed by atoms with Gasteiger partial charge in [-0.05, 0) is 6.92 Å². The van der Waals surface area contributed by atoms with Crippen molar-refractivity contribution < 1.29 is 14.1 Å². The van der Waals surface area contributed by atoms with E-state index in [1.807, 2.05) is 0 Å². The monoisotopic (exact) mass is 268 g/mol. The fourth-order valence-corrected chi connectivity index (χ4v) is 2.25. The average molecular weight is 268 g/mol. The molecule has 0 unspecified atom stereocenters. The number of nitrogens with zero attached hydrogens (tertiary/aromatic N) is 3. The molecule has 0 fully saturated rings. The summed E-state index contributed by atoms with van der Waals surface area (Å²) in [5, 5.41) is 7.47. The molecule has 7 nitrogen and oxygen atoms in total. The molecule has 2 aromatic rings. The number of hydrogen-bond acceptors (Lipinski definition) is 8. The summed E-state index contributed by atoms with van der Waals surface area (Å²) < 4.78 is 9.29. The number of carbonyl (C=O) groups is 1. The van der Waals surface area contributed by atoms with E-state index in [9.17, 15) is 4.79 Å². The van der Waals surface area contributed by atoms with Crippen LogP contribution in [0.2, 0.25) is 0 Å². The van der Waals surface area contributed by atoms with Crippen molar-refractivity contribution in [3.05, 3.63) is 22.8 Å². The SMILES string of the molecule is COC(=O)c1sc(NCCc2ncon2)nc1C. The summed E-state index contributed by atoms with van der Waals surface area (Å²) in [5.41, 5.74) is 0.661. The molecule has 2 rings (SSSR count). The van der Waals surface area contributed by atoms with Crippen LogP contribution in [0.1, 0.15) is 21.2 Å². The van der Waals surface area contributed by atoms with Crippen molar-refractivity contribution in [1.82, 2.24) is 15.1 Å². The van der Waals surface area contributed by atoms with E-state index >= 15 is 0 Å². The molecule has 0 saturated heterocycles. The standard InChI is InChI=1S/C10H12N4O3S/c1-6-8(9(15)16-2)18-10(13-6)11-4-3-7-12-5-17-14-7/h5H,3-4H2,1-2H3,(H,11,13). The van der Waals surface area contributed by atoms with E-state index in [4.69, 9.17) is 0 Å². The fraction of sp³-hybridized carbons (Fsp3) is 0.400. The van der Waals surface area contributed by atoms with Crippen LogP contribution in [0.5, 0.6) is 0 Å². The molecular formula is C10H12N4O3S. The maximum absolute atomic E-state index is 11.4. The summed E-state index contributed by atoms with van der Waals surface area (Å²) in [4.78, 5) is 20.1. The Bertz CT molecular complexity index is 523. The van der Waals surface area contributed by atoms with Crippen molar-refractivity contribution in [2.45, 2.75) is 13.3 Å². The number of ether oxygens (including phenoxy) is 1. The number of esters is 1. The number of anilines is 1. The van der Waals surface area contributed by atoms with Gasteiger partial charge in [-0.15, -0.1) is 0 Å². The highest BCUT2D eigenvalue weighted by atomic mass is 32.1. The molecule has 0 aliphatic carbocycles. The minimum Gasteiger partial charge on any atom is -0.465 e. The number of aromatic nitrogens is 3. The zero-order valence-corrected chi connectivity index (χ0v) is 10.8. The summed E-state index contributed by atoms with van der Waals surface area (Å²) in [5.74, 6) is 0.264. The summed E-state index contributed by atoms with van der Waals surface area (Å²) in [6.45, 7) is 2.39. The molecule has 0 bridgehead atoms. The normalized spacial score (nSPS) is 10.3. The van der Waals surface area contributed by atoms with Crippen molar-refractivity contribution in [2.24, 2.45) is 0 Å². The second kappa shape index (κ2) is 5.58. The maximum Gasteiger partial charge on any atom is 0.350 e. The van der Waals surface area contributed by atoms with Crippen LogP contribution in [0.15, 0.2) is 10.9 Å². The van der Waals surface area contributed by atoms with Gasteiger partial charge in [0.1, 0.15) is 4.88 Å². The number of thiazole rings is 1. The van der Waals surface area contributed by atoms with Crippen LogP contribution >= 0.6 is 11.3 Å². The van der Waals surface area contributed by atoms with Crippen molar-refractivity contribution in [2.75, 3.05) is 19.0 Å². The van der Waals surface area contributed by atoms with Crippen LogP contribution in [-0.4, -0.2) is 34.7 Å². The maximum atomic E-state index is 11.4. The lowest BCUT2D eigenvalue weighted by molar-refractivity contribution is 0.0605. The van der Waals surface area contributed by atoms with Crippen LogP contribution in [0.25, 0.3) is 0 Å². The summed E-state index contributed by atoms with van der Waals surface area (Å²) in [6, 6.07) is 0. The van der Waals surface area contributed by atoms with Gasteiger partial charge in [0.15, 0.2) is 11.0 Å². The Morgan fingerprint density at radius 1 is 1.61 bits per heavy atom. The topological polar surface area (TPSA) is 90.1 Å². The van der Waals surface area contributed by atoms with Crippen LogP contribution < -0.4 is 5.32 Å². The minimum atomic E-state index is -0.365. The zero-order valence-electron chi connectivity index (χ0n) is 9.97. The second-order valence-electron chi connectivity index (χ2n) is 3.45. The number of aryl methyl sites for hydroxylation is 1. The number of nitrogens with one attached hydrogen (secondary N) is 1. The zero-order chi connectivity index (χ0) is 13.0. The van der Waals surface area contributed by atoms with Crippen LogP contribution in [0.3, 0.4) is 0 Å². The van der Waals surface area contributed by atoms with Gasteiger partial charge in [-0.25, -0.2) is 9.78 Å². The highest BCUT2D eigenvalue weighted by Crippen LogP contribution is 2.22. The highest BCUT2D eigenvalue weighted by molar-refractivity contribution is 7.17. The van der Waals surface area contributed by atoms with Crippen molar-refractivity contribution in [3.8, 4) is 0 Å². The third kappa shape index (κ3) is 2.83. The third-order valence-corrected chi connectivity index (χ3v) is 3.29. The Kier molecular flexibility index (Phi) is 3.88. The van der Waals surface area contributed by atoms with E-state index in [1.165, 1.54) is 24.8 Å². The fourth-order valence-electron chi connectivity index (χ4n) is 1.34. The summed E-state index contributed by atoms with van der Waals surface area (Å²) in [6.07, 6.45) is 1.92. The molecule has 0 saturated carbocycles. The van der Waals surface area contributed by atoms with Gasteiger partial charge in [0.2, 0.25) is 6.39 Å². The van der Waals surface area contributed by atoms with E-state index in [1.54, 1.807) is 6.92 Å². The second-order valence-corrected chi connectivity index (χ2v) is 4.45. The molecule has 0 spiro atoms. The lowest BCUT2D eigenvalue weighted by Gasteiger charge is -1.98. The molecule has 0 amide bonds. The van der Waals surface area contributed by atoms with Gasteiger partial charge in [-0.2, -0.15) is 4.98 Å². The Morgan fingerprint density at radius 3 is 3.11 bits per heavy atom. The molecule has 0 atom stereocenters. The molecule has 18 heavy (non-hydrogen) atoms. The van der Waals surface area contributed by atoms with E-state index in [2.05, 4.69) is 29.7 Å². The van der Waals surface area contributed by atoms with Gasteiger partial charge in [-0.3, -0.25) is 0 Å². The first-order valence-electron chi connectivity index (χ1n) is 5.25.